The van der Waals surface area contributed by atoms with Crippen LogP contribution in [0.25, 0.3) is 0 Å². The summed E-state index contributed by atoms with van der Waals surface area (Å²) in [4.78, 5) is 0.231. The highest BCUT2D eigenvalue weighted by molar-refractivity contribution is 9.10. The molecule has 0 aromatic heterocycles. The lowest BCUT2D eigenvalue weighted by Gasteiger charge is -2.13. The lowest BCUT2D eigenvalue weighted by molar-refractivity contribution is 0.105. The van der Waals surface area contributed by atoms with Crippen molar-refractivity contribution in [3.63, 3.8) is 0 Å². The van der Waals surface area contributed by atoms with Crippen molar-refractivity contribution < 1.29 is 18.6 Å². The summed E-state index contributed by atoms with van der Waals surface area (Å²) in [6.07, 6.45) is -0.886. The molecule has 5 nitrogen and oxygen atoms in total. The molecule has 1 rings (SSSR count). The van der Waals surface area contributed by atoms with Gasteiger partial charge in [-0.2, -0.15) is 0 Å². The average Bonchev–Trinajstić information content (AvgIpc) is 2.37. The van der Waals surface area contributed by atoms with Crippen LogP contribution in [0.3, 0.4) is 0 Å². The molecular formula is C11H16BrNO4S. The van der Waals surface area contributed by atoms with E-state index in [0.717, 1.165) is 0 Å². The summed E-state index contributed by atoms with van der Waals surface area (Å²) in [7, 11) is -3.25. The van der Waals surface area contributed by atoms with E-state index in [1.165, 1.54) is 12.1 Å². The molecule has 0 aliphatic heterocycles. The molecule has 0 aliphatic carbocycles. The Kier molecular flexibility index (Phi) is 5.58. The molecule has 1 aromatic rings. The highest BCUT2D eigenvalue weighted by atomic mass is 79.9. The molecule has 0 bridgehead atoms. The van der Waals surface area contributed by atoms with Crippen LogP contribution in [0.5, 0.6) is 0 Å². The zero-order valence-corrected chi connectivity index (χ0v) is 12.3. The number of benzene rings is 1. The van der Waals surface area contributed by atoms with Gasteiger partial charge in [0.1, 0.15) is 0 Å². The molecule has 0 fully saturated rings. The minimum Gasteiger partial charge on any atom is -0.394 e. The SMILES string of the molecule is CCS(=O)(=O)c1ccc(Br)c(NCC(O)CO)c1. The summed E-state index contributed by atoms with van der Waals surface area (Å²) in [5, 5.41) is 20.8. The summed E-state index contributed by atoms with van der Waals surface area (Å²) < 4.78 is 24.1. The van der Waals surface area contributed by atoms with Crippen LogP contribution in [0.1, 0.15) is 6.92 Å². The lowest BCUT2D eigenvalue weighted by atomic mass is 10.3. The summed E-state index contributed by atoms with van der Waals surface area (Å²) in [5.41, 5.74) is 0.567. The predicted octanol–water partition coefficient (Wildman–Crippen LogP) is 1.01. The molecule has 1 unspecified atom stereocenters. The van der Waals surface area contributed by atoms with Gasteiger partial charge >= 0.3 is 0 Å². The second-order valence-corrected chi connectivity index (χ2v) is 6.89. The van der Waals surface area contributed by atoms with E-state index in [0.29, 0.717) is 10.2 Å². The standard InChI is InChI=1S/C11H16BrNO4S/c1-2-18(16,17)9-3-4-10(12)11(5-9)13-6-8(15)7-14/h3-5,8,13-15H,2,6-7H2,1H3. The highest BCUT2D eigenvalue weighted by Crippen LogP contribution is 2.26. The zero-order chi connectivity index (χ0) is 13.8. The maximum atomic E-state index is 11.7. The third-order valence-electron chi connectivity index (χ3n) is 2.42. The summed E-state index contributed by atoms with van der Waals surface area (Å²) in [6, 6.07) is 4.67. The van der Waals surface area contributed by atoms with Crippen molar-refractivity contribution in [3.8, 4) is 0 Å². The molecule has 0 radical (unpaired) electrons. The quantitative estimate of drug-likeness (QED) is 0.721. The third-order valence-corrected chi connectivity index (χ3v) is 4.84. The number of aliphatic hydroxyl groups excluding tert-OH is 2. The third kappa shape index (κ3) is 3.94. The Morgan fingerprint density at radius 3 is 2.67 bits per heavy atom. The van der Waals surface area contributed by atoms with Crippen LogP contribution in [0.2, 0.25) is 0 Å². The monoisotopic (exact) mass is 337 g/mol. The number of rotatable bonds is 6. The van der Waals surface area contributed by atoms with Gasteiger partial charge in [0.05, 0.1) is 23.4 Å². The van der Waals surface area contributed by atoms with Crippen molar-refractivity contribution in [2.24, 2.45) is 0 Å². The number of sulfone groups is 1. The van der Waals surface area contributed by atoms with Crippen molar-refractivity contribution in [2.75, 3.05) is 24.2 Å². The van der Waals surface area contributed by atoms with Crippen molar-refractivity contribution in [1.29, 1.82) is 0 Å². The van der Waals surface area contributed by atoms with Crippen LogP contribution in [0.4, 0.5) is 5.69 Å². The topological polar surface area (TPSA) is 86.6 Å². The van der Waals surface area contributed by atoms with Gasteiger partial charge in [-0.25, -0.2) is 8.42 Å². The van der Waals surface area contributed by atoms with E-state index in [1.54, 1.807) is 13.0 Å². The first kappa shape index (κ1) is 15.4. The fourth-order valence-corrected chi connectivity index (χ4v) is 2.59. The van der Waals surface area contributed by atoms with Crippen LogP contribution in [0, 0.1) is 0 Å². The van der Waals surface area contributed by atoms with E-state index in [4.69, 9.17) is 5.11 Å². The first-order valence-electron chi connectivity index (χ1n) is 5.45. The Balaban J connectivity index is 2.95. The normalized spacial score (nSPS) is 13.3. The van der Waals surface area contributed by atoms with Crippen LogP contribution in [-0.4, -0.2) is 43.6 Å². The molecule has 0 heterocycles. The van der Waals surface area contributed by atoms with Gasteiger partial charge in [0.15, 0.2) is 9.84 Å². The predicted molar refractivity (Wildman–Crippen MR) is 73.5 cm³/mol. The average molecular weight is 338 g/mol. The zero-order valence-electron chi connectivity index (χ0n) is 9.93. The van der Waals surface area contributed by atoms with Gasteiger partial charge in [0.2, 0.25) is 0 Å². The van der Waals surface area contributed by atoms with Crippen molar-refractivity contribution >= 4 is 31.5 Å². The Morgan fingerprint density at radius 2 is 2.11 bits per heavy atom. The molecule has 0 aliphatic rings. The van der Waals surface area contributed by atoms with Crippen LogP contribution < -0.4 is 5.32 Å². The second-order valence-electron chi connectivity index (χ2n) is 3.76. The van der Waals surface area contributed by atoms with Gasteiger partial charge in [-0.1, -0.05) is 6.92 Å². The molecule has 102 valence electrons. The minimum absolute atomic E-state index is 0.0351. The molecule has 1 atom stereocenters. The first-order valence-corrected chi connectivity index (χ1v) is 7.90. The Labute approximate surface area is 115 Å². The fraction of sp³-hybridized carbons (Fsp3) is 0.455. The highest BCUT2D eigenvalue weighted by Gasteiger charge is 2.13. The van der Waals surface area contributed by atoms with E-state index >= 15 is 0 Å². The molecule has 7 heteroatoms. The summed E-state index contributed by atoms with van der Waals surface area (Å²) in [5.74, 6) is 0.0351. The second kappa shape index (κ2) is 6.51. The van der Waals surface area contributed by atoms with Gasteiger partial charge in [0, 0.05) is 16.7 Å². The lowest BCUT2D eigenvalue weighted by Crippen LogP contribution is -2.23. The molecule has 0 saturated heterocycles. The van der Waals surface area contributed by atoms with Gasteiger partial charge in [-0.05, 0) is 34.1 Å². The van der Waals surface area contributed by atoms with E-state index in [1.807, 2.05) is 0 Å². The first-order chi connectivity index (χ1) is 8.40. The number of anilines is 1. The maximum Gasteiger partial charge on any atom is 0.178 e. The summed E-state index contributed by atoms with van der Waals surface area (Å²) in [6.45, 7) is 1.38. The van der Waals surface area contributed by atoms with Crippen molar-refractivity contribution in [3.05, 3.63) is 22.7 Å². The molecule has 0 spiro atoms. The molecule has 18 heavy (non-hydrogen) atoms. The van der Waals surface area contributed by atoms with E-state index in [9.17, 15) is 13.5 Å². The number of hydrogen-bond acceptors (Lipinski definition) is 5. The van der Waals surface area contributed by atoms with Crippen molar-refractivity contribution in [1.82, 2.24) is 0 Å². The van der Waals surface area contributed by atoms with Crippen LogP contribution in [-0.2, 0) is 9.84 Å². The van der Waals surface area contributed by atoms with E-state index < -0.39 is 15.9 Å². The largest absolute Gasteiger partial charge is 0.394 e. The number of halogens is 1. The van der Waals surface area contributed by atoms with Crippen LogP contribution in [0.15, 0.2) is 27.6 Å². The fourth-order valence-electron chi connectivity index (χ4n) is 1.29. The molecular weight excluding hydrogens is 322 g/mol. The van der Waals surface area contributed by atoms with E-state index in [2.05, 4.69) is 21.2 Å². The Morgan fingerprint density at radius 1 is 1.44 bits per heavy atom. The van der Waals surface area contributed by atoms with Gasteiger partial charge in [-0.3, -0.25) is 0 Å². The van der Waals surface area contributed by atoms with Crippen molar-refractivity contribution in [2.45, 2.75) is 17.9 Å². The minimum atomic E-state index is -3.25. The molecule has 1 aromatic carbocycles. The summed E-state index contributed by atoms with van der Waals surface area (Å²) >= 11 is 3.29. The van der Waals surface area contributed by atoms with E-state index in [-0.39, 0.29) is 23.8 Å². The van der Waals surface area contributed by atoms with Gasteiger partial charge in [-0.15, -0.1) is 0 Å². The molecule has 0 saturated carbocycles. The van der Waals surface area contributed by atoms with Gasteiger partial charge < -0.3 is 15.5 Å². The van der Waals surface area contributed by atoms with Gasteiger partial charge in [0.25, 0.3) is 0 Å². The smallest absolute Gasteiger partial charge is 0.178 e. The maximum absolute atomic E-state index is 11.7. The Bertz CT molecular complexity index is 504. The van der Waals surface area contributed by atoms with Crippen LogP contribution >= 0.6 is 15.9 Å². The molecule has 3 N–H and O–H groups in total. The Hall–Kier alpha value is -0.630. The number of aliphatic hydroxyl groups is 2. The molecule has 0 amide bonds. The number of hydrogen-bond donors (Lipinski definition) is 3. The number of nitrogens with one attached hydrogen (secondary N) is 1.